The number of hydrogen-bond acceptors (Lipinski definition) is 6. The van der Waals surface area contributed by atoms with E-state index in [1.54, 1.807) is 6.92 Å². The van der Waals surface area contributed by atoms with Crippen LogP contribution >= 0.6 is 0 Å². The fourth-order valence-corrected chi connectivity index (χ4v) is 1.36. The highest BCUT2D eigenvalue weighted by molar-refractivity contribution is 5.90. The normalized spacial score (nSPS) is 10.2. The Kier molecular flexibility index (Phi) is 6.70. The minimum Gasteiger partial charge on any atom is -0.504 e. The first-order valence-corrected chi connectivity index (χ1v) is 6.00. The largest absolute Gasteiger partial charge is 0.504 e. The van der Waals surface area contributed by atoms with E-state index < -0.39 is 5.97 Å². The fourth-order valence-electron chi connectivity index (χ4n) is 1.36. The number of carbonyl (C=O) groups excluding carboxylic acids is 1. The second-order valence-corrected chi connectivity index (χ2v) is 3.59. The first kappa shape index (κ1) is 15.3. The molecule has 0 saturated carbocycles. The summed E-state index contributed by atoms with van der Waals surface area (Å²) in [6.45, 7) is 2.74. The van der Waals surface area contributed by atoms with Gasteiger partial charge in [0.05, 0.1) is 32.0 Å². The van der Waals surface area contributed by atoms with Gasteiger partial charge in [-0.05, 0) is 25.1 Å². The molecule has 0 saturated heterocycles. The van der Waals surface area contributed by atoms with Gasteiger partial charge in [-0.1, -0.05) is 0 Å². The Morgan fingerprint density at radius 2 is 2.05 bits per heavy atom. The van der Waals surface area contributed by atoms with E-state index >= 15 is 0 Å². The maximum atomic E-state index is 11.4. The Morgan fingerprint density at radius 1 is 1.26 bits per heavy atom. The Hall–Kier alpha value is -1.79. The van der Waals surface area contributed by atoms with E-state index in [9.17, 15) is 9.90 Å². The summed E-state index contributed by atoms with van der Waals surface area (Å²) < 4.78 is 15.1. The number of phenolic OH excluding ortho intramolecular Hbond substituents is 1. The van der Waals surface area contributed by atoms with Crippen LogP contribution in [0.15, 0.2) is 18.2 Å². The number of carbonyl (C=O) groups is 1. The zero-order valence-corrected chi connectivity index (χ0v) is 10.8. The SMILES string of the molecule is CCOC(=O)c1ccc(OCCOCCO)c(O)c1. The highest BCUT2D eigenvalue weighted by Crippen LogP contribution is 2.27. The second-order valence-electron chi connectivity index (χ2n) is 3.59. The van der Waals surface area contributed by atoms with Crippen molar-refractivity contribution in [3.8, 4) is 11.5 Å². The van der Waals surface area contributed by atoms with Gasteiger partial charge in [-0.15, -0.1) is 0 Å². The van der Waals surface area contributed by atoms with Crippen molar-refractivity contribution in [2.75, 3.05) is 33.0 Å². The number of rotatable bonds is 8. The van der Waals surface area contributed by atoms with E-state index in [2.05, 4.69) is 0 Å². The third-order valence-corrected chi connectivity index (χ3v) is 2.19. The minimum atomic E-state index is -0.490. The highest BCUT2D eigenvalue weighted by Gasteiger charge is 2.10. The van der Waals surface area contributed by atoms with E-state index in [1.165, 1.54) is 18.2 Å². The zero-order valence-electron chi connectivity index (χ0n) is 10.8. The summed E-state index contributed by atoms with van der Waals surface area (Å²) in [6.07, 6.45) is 0. The third-order valence-electron chi connectivity index (χ3n) is 2.19. The molecule has 6 heteroatoms. The van der Waals surface area contributed by atoms with Crippen LogP contribution in [-0.4, -0.2) is 49.2 Å². The van der Waals surface area contributed by atoms with Gasteiger partial charge in [-0.25, -0.2) is 4.79 Å². The first-order chi connectivity index (χ1) is 9.19. The van der Waals surface area contributed by atoms with Crippen molar-refractivity contribution in [1.29, 1.82) is 0 Å². The van der Waals surface area contributed by atoms with Gasteiger partial charge in [0.1, 0.15) is 6.61 Å². The Bertz CT molecular complexity index is 404. The predicted molar refractivity (Wildman–Crippen MR) is 67.5 cm³/mol. The Balaban J connectivity index is 2.50. The van der Waals surface area contributed by atoms with Crippen LogP contribution in [0.4, 0.5) is 0 Å². The molecule has 106 valence electrons. The van der Waals surface area contributed by atoms with Gasteiger partial charge in [0.25, 0.3) is 0 Å². The van der Waals surface area contributed by atoms with Gasteiger partial charge in [-0.3, -0.25) is 0 Å². The van der Waals surface area contributed by atoms with Gasteiger partial charge in [0, 0.05) is 0 Å². The van der Waals surface area contributed by atoms with E-state index in [0.29, 0.717) is 6.61 Å². The molecule has 1 aromatic rings. The van der Waals surface area contributed by atoms with Gasteiger partial charge < -0.3 is 24.4 Å². The minimum absolute atomic E-state index is 0.0422. The van der Waals surface area contributed by atoms with Crippen LogP contribution < -0.4 is 4.74 Å². The van der Waals surface area contributed by atoms with Crippen molar-refractivity contribution in [2.24, 2.45) is 0 Å². The summed E-state index contributed by atoms with van der Waals surface area (Å²) in [4.78, 5) is 11.4. The van der Waals surface area contributed by atoms with E-state index in [0.717, 1.165) is 0 Å². The van der Waals surface area contributed by atoms with Crippen molar-refractivity contribution in [2.45, 2.75) is 6.92 Å². The summed E-state index contributed by atoms with van der Waals surface area (Å²) in [5, 5.41) is 18.2. The molecule has 1 aromatic carbocycles. The van der Waals surface area contributed by atoms with Crippen LogP contribution in [0.1, 0.15) is 17.3 Å². The number of esters is 1. The highest BCUT2D eigenvalue weighted by atomic mass is 16.5. The Morgan fingerprint density at radius 3 is 2.68 bits per heavy atom. The van der Waals surface area contributed by atoms with Gasteiger partial charge in [-0.2, -0.15) is 0 Å². The third kappa shape index (κ3) is 5.15. The van der Waals surface area contributed by atoms with Crippen molar-refractivity contribution in [3.63, 3.8) is 0 Å². The summed E-state index contributed by atoms with van der Waals surface area (Å²) in [5.74, 6) is -0.357. The lowest BCUT2D eigenvalue weighted by Crippen LogP contribution is -2.09. The summed E-state index contributed by atoms with van der Waals surface area (Å²) in [7, 11) is 0. The molecule has 0 atom stereocenters. The quantitative estimate of drug-likeness (QED) is 0.540. The number of aliphatic hydroxyl groups is 1. The molecule has 0 spiro atoms. The van der Waals surface area contributed by atoms with Crippen LogP contribution in [0.25, 0.3) is 0 Å². The number of aliphatic hydroxyl groups excluding tert-OH is 1. The van der Waals surface area contributed by atoms with Gasteiger partial charge in [0.2, 0.25) is 0 Å². The molecule has 0 amide bonds. The molecule has 0 aliphatic heterocycles. The monoisotopic (exact) mass is 270 g/mol. The van der Waals surface area contributed by atoms with Crippen LogP contribution in [0.3, 0.4) is 0 Å². The fraction of sp³-hybridized carbons (Fsp3) is 0.462. The molecule has 0 unspecified atom stereocenters. The van der Waals surface area contributed by atoms with Gasteiger partial charge in [0.15, 0.2) is 11.5 Å². The molecule has 1 rings (SSSR count). The maximum Gasteiger partial charge on any atom is 0.338 e. The van der Waals surface area contributed by atoms with Crippen LogP contribution in [0, 0.1) is 0 Å². The number of ether oxygens (including phenoxy) is 3. The molecule has 0 fully saturated rings. The topological polar surface area (TPSA) is 85.2 Å². The van der Waals surface area contributed by atoms with E-state index in [-0.39, 0.29) is 43.5 Å². The predicted octanol–water partition coefficient (Wildman–Crippen LogP) is 0.957. The second kappa shape index (κ2) is 8.34. The maximum absolute atomic E-state index is 11.4. The lowest BCUT2D eigenvalue weighted by atomic mass is 10.2. The van der Waals surface area contributed by atoms with Crippen molar-refractivity contribution < 1.29 is 29.2 Å². The summed E-state index contributed by atoms with van der Waals surface area (Å²) in [5.41, 5.74) is 0.267. The molecular formula is C13H18O6. The lowest BCUT2D eigenvalue weighted by molar-refractivity contribution is 0.0525. The molecule has 0 aromatic heterocycles. The molecule has 0 aliphatic carbocycles. The van der Waals surface area contributed by atoms with E-state index in [4.69, 9.17) is 19.3 Å². The number of hydrogen-bond donors (Lipinski definition) is 2. The number of phenols is 1. The van der Waals surface area contributed by atoms with E-state index in [1.807, 2.05) is 0 Å². The lowest BCUT2D eigenvalue weighted by Gasteiger charge is -2.09. The summed E-state index contributed by atoms with van der Waals surface area (Å²) >= 11 is 0. The molecule has 0 bridgehead atoms. The van der Waals surface area contributed by atoms with Gasteiger partial charge >= 0.3 is 5.97 Å². The molecule has 0 heterocycles. The molecule has 2 N–H and O–H groups in total. The standard InChI is InChI=1S/C13H18O6/c1-2-18-13(16)10-3-4-12(11(15)9-10)19-8-7-17-6-5-14/h3-4,9,14-15H,2,5-8H2,1H3. The number of aromatic hydroxyl groups is 1. The molecule has 0 aliphatic rings. The Labute approximate surface area is 111 Å². The van der Waals surface area contributed by atoms with Crippen molar-refractivity contribution in [1.82, 2.24) is 0 Å². The van der Waals surface area contributed by atoms with Crippen LogP contribution in [0.5, 0.6) is 11.5 Å². The molecule has 6 nitrogen and oxygen atoms in total. The summed E-state index contributed by atoms with van der Waals surface area (Å²) in [6, 6.07) is 4.30. The van der Waals surface area contributed by atoms with Crippen molar-refractivity contribution in [3.05, 3.63) is 23.8 Å². The molecule has 19 heavy (non-hydrogen) atoms. The smallest absolute Gasteiger partial charge is 0.338 e. The van der Waals surface area contributed by atoms with Crippen LogP contribution in [0.2, 0.25) is 0 Å². The average Bonchev–Trinajstić information content (AvgIpc) is 2.40. The zero-order chi connectivity index (χ0) is 14.1. The molecular weight excluding hydrogens is 252 g/mol. The van der Waals surface area contributed by atoms with Crippen LogP contribution in [-0.2, 0) is 9.47 Å². The average molecular weight is 270 g/mol. The first-order valence-electron chi connectivity index (χ1n) is 6.00. The van der Waals surface area contributed by atoms with Crippen molar-refractivity contribution >= 4 is 5.97 Å². The number of benzene rings is 1. The molecule has 0 radical (unpaired) electrons.